The van der Waals surface area contributed by atoms with Gasteiger partial charge in [-0.25, -0.2) is 9.18 Å². The summed E-state index contributed by atoms with van der Waals surface area (Å²) in [5.41, 5.74) is 2.91. The maximum absolute atomic E-state index is 13.9. The van der Waals surface area contributed by atoms with Crippen molar-refractivity contribution in [2.45, 2.75) is 26.2 Å². The van der Waals surface area contributed by atoms with E-state index in [-0.39, 0.29) is 11.0 Å². The molecule has 2 aromatic carbocycles. The van der Waals surface area contributed by atoms with E-state index < -0.39 is 11.8 Å². The van der Waals surface area contributed by atoms with Crippen LogP contribution >= 0.6 is 0 Å². The number of benzene rings is 2. The molecule has 0 radical (unpaired) electrons. The highest BCUT2D eigenvalue weighted by atomic mass is 19.1. The molecular formula is C18H19FO2. The Hall–Kier alpha value is -2.16. The van der Waals surface area contributed by atoms with Gasteiger partial charge < -0.3 is 4.74 Å². The second-order valence-electron chi connectivity index (χ2n) is 6.01. The predicted octanol–water partition coefficient (Wildman–Crippen LogP) is 4.58. The van der Waals surface area contributed by atoms with Crippen LogP contribution in [-0.2, 0) is 10.2 Å². The van der Waals surface area contributed by atoms with Crippen molar-refractivity contribution in [2.24, 2.45) is 0 Å². The lowest BCUT2D eigenvalue weighted by Gasteiger charge is -2.19. The summed E-state index contributed by atoms with van der Waals surface area (Å²) in [5.74, 6) is -1.23. The smallest absolute Gasteiger partial charge is 0.340 e. The van der Waals surface area contributed by atoms with Gasteiger partial charge in [-0.05, 0) is 34.2 Å². The number of methoxy groups -OCH3 is 1. The first kappa shape index (κ1) is 15.2. The van der Waals surface area contributed by atoms with Crippen LogP contribution < -0.4 is 0 Å². The molecule has 0 aliphatic rings. The van der Waals surface area contributed by atoms with E-state index in [0.717, 1.165) is 11.1 Å². The van der Waals surface area contributed by atoms with E-state index in [9.17, 15) is 9.18 Å². The molecule has 0 aliphatic heterocycles. The van der Waals surface area contributed by atoms with Crippen LogP contribution in [0.2, 0.25) is 0 Å². The van der Waals surface area contributed by atoms with E-state index in [1.54, 1.807) is 6.07 Å². The quantitative estimate of drug-likeness (QED) is 0.755. The molecule has 0 saturated carbocycles. The molecule has 2 rings (SSSR count). The number of carbonyl (C=O) groups excluding carboxylic acids is 1. The van der Waals surface area contributed by atoms with E-state index in [0.29, 0.717) is 0 Å². The van der Waals surface area contributed by atoms with Crippen LogP contribution in [0.1, 0.15) is 36.7 Å². The van der Waals surface area contributed by atoms with Crippen LogP contribution in [0.5, 0.6) is 0 Å². The molecule has 0 bridgehead atoms. The van der Waals surface area contributed by atoms with Crippen LogP contribution in [0.15, 0.2) is 42.5 Å². The van der Waals surface area contributed by atoms with Crippen LogP contribution in [0.4, 0.5) is 4.39 Å². The largest absolute Gasteiger partial charge is 0.465 e. The van der Waals surface area contributed by atoms with E-state index in [1.807, 2.05) is 24.3 Å². The molecule has 0 fully saturated rings. The first-order chi connectivity index (χ1) is 9.82. The van der Waals surface area contributed by atoms with Crippen LogP contribution in [0, 0.1) is 5.82 Å². The molecule has 2 nitrogen and oxygen atoms in total. The van der Waals surface area contributed by atoms with Crippen molar-refractivity contribution in [2.75, 3.05) is 7.11 Å². The van der Waals surface area contributed by atoms with Gasteiger partial charge in [-0.1, -0.05) is 51.1 Å². The minimum Gasteiger partial charge on any atom is -0.465 e. The summed E-state index contributed by atoms with van der Waals surface area (Å²) < 4.78 is 18.5. The zero-order valence-electron chi connectivity index (χ0n) is 12.7. The fourth-order valence-corrected chi connectivity index (χ4v) is 2.13. The molecule has 110 valence electrons. The molecule has 0 atom stereocenters. The summed E-state index contributed by atoms with van der Waals surface area (Å²) >= 11 is 0. The number of ether oxygens (including phenoxy) is 1. The SMILES string of the molecule is COC(=O)c1ccc(-c2ccc(C(C)(C)C)cc2)cc1F. The fraction of sp³-hybridized carbons (Fsp3) is 0.278. The molecule has 0 unspecified atom stereocenters. The Balaban J connectivity index is 2.35. The average molecular weight is 286 g/mol. The summed E-state index contributed by atoms with van der Waals surface area (Å²) in [6.45, 7) is 6.44. The molecule has 0 aliphatic carbocycles. The molecule has 21 heavy (non-hydrogen) atoms. The highest BCUT2D eigenvalue weighted by Gasteiger charge is 2.15. The zero-order valence-corrected chi connectivity index (χ0v) is 12.7. The van der Waals surface area contributed by atoms with Crippen molar-refractivity contribution in [3.8, 4) is 11.1 Å². The molecule has 3 heteroatoms. The van der Waals surface area contributed by atoms with Gasteiger partial charge in [0.05, 0.1) is 12.7 Å². The van der Waals surface area contributed by atoms with Gasteiger partial charge in [-0.3, -0.25) is 0 Å². The summed E-state index contributed by atoms with van der Waals surface area (Å²) in [7, 11) is 1.24. The number of hydrogen-bond acceptors (Lipinski definition) is 2. The highest BCUT2D eigenvalue weighted by Crippen LogP contribution is 2.27. The number of halogens is 1. The number of hydrogen-bond donors (Lipinski definition) is 0. The van der Waals surface area contributed by atoms with Crippen molar-refractivity contribution >= 4 is 5.97 Å². The van der Waals surface area contributed by atoms with Gasteiger partial charge in [-0.2, -0.15) is 0 Å². The normalized spacial score (nSPS) is 11.3. The molecule has 0 amide bonds. The second-order valence-corrected chi connectivity index (χ2v) is 6.01. The first-order valence-corrected chi connectivity index (χ1v) is 6.81. The maximum Gasteiger partial charge on any atom is 0.340 e. The monoisotopic (exact) mass is 286 g/mol. The van der Waals surface area contributed by atoms with Crippen LogP contribution in [0.25, 0.3) is 11.1 Å². The van der Waals surface area contributed by atoms with Gasteiger partial charge in [0.2, 0.25) is 0 Å². The van der Waals surface area contributed by atoms with Crippen molar-refractivity contribution in [3.05, 3.63) is 59.4 Å². The molecule has 0 spiro atoms. The maximum atomic E-state index is 13.9. The van der Waals surface area contributed by atoms with Gasteiger partial charge in [0, 0.05) is 0 Å². The van der Waals surface area contributed by atoms with Crippen molar-refractivity contribution < 1.29 is 13.9 Å². The Morgan fingerprint density at radius 3 is 2.05 bits per heavy atom. The Labute approximate surface area is 124 Å². The molecule has 0 aromatic heterocycles. The van der Waals surface area contributed by atoms with Gasteiger partial charge in [0.1, 0.15) is 5.82 Å². The second kappa shape index (κ2) is 5.68. The van der Waals surface area contributed by atoms with Crippen LogP contribution in [0.3, 0.4) is 0 Å². The minimum atomic E-state index is -0.665. The minimum absolute atomic E-state index is 0.0486. The highest BCUT2D eigenvalue weighted by molar-refractivity contribution is 5.90. The van der Waals surface area contributed by atoms with Crippen molar-refractivity contribution in [3.63, 3.8) is 0 Å². The number of carbonyl (C=O) groups is 1. The third-order valence-corrected chi connectivity index (χ3v) is 3.46. The zero-order chi connectivity index (χ0) is 15.6. The van der Waals surface area contributed by atoms with Crippen LogP contribution in [-0.4, -0.2) is 13.1 Å². The summed E-state index contributed by atoms with van der Waals surface area (Å²) in [6, 6.07) is 12.6. The third-order valence-electron chi connectivity index (χ3n) is 3.46. The molecule has 0 heterocycles. The summed E-state index contributed by atoms with van der Waals surface area (Å²) in [6.07, 6.45) is 0. The Kier molecular flexibility index (Phi) is 4.12. The Bertz CT molecular complexity index is 652. The van der Waals surface area contributed by atoms with Crippen molar-refractivity contribution in [1.82, 2.24) is 0 Å². The Morgan fingerprint density at radius 1 is 1.00 bits per heavy atom. The topological polar surface area (TPSA) is 26.3 Å². The fourth-order valence-electron chi connectivity index (χ4n) is 2.13. The summed E-state index contributed by atoms with van der Waals surface area (Å²) in [4.78, 5) is 11.4. The third kappa shape index (κ3) is 3.30. The molecule has 0 N–H and O–H groups in total. The van der Waals surface area contributed by atoms with E-state index >= 15 is 0 Å². The predicted molar refractivity (Wildman–Crippen MR) is 81.9 cm³/mol. The van der Waals surface area contributed by atoms with Gasteiger partial charge in [0.15, 0.2) is 0 Å². The molecule has 2 aromatic rings. The van der Waals surface area contributed by atoms with Gasteiger partial charge >= 0.3 is 5.97 Å². The average Bonchev–Trinajstić information content (AvgIpc) is 2.45. The lowest BCUT2D eigenvalue weighted by Crippen LogP contribution is -2.10. The standard InChI is InChI=1S/C18H19FO2/c1-18(2,3)14-8-5-12(6-9-14)13-7-10-15(16(19)11-13)17(20)21-4/h5-11H,1-4H3. The Morgan fingerprint density at radius 2 is 1.57 bits per heavy atom. The summed E-state index contributed by atoms with van der Waals surface area (Å²) in [5, 5.41) is 0. The van der Waals surface area contributed by atoms with E-state index in [4.69, 9.17) is 0 Å². The lowest BCUT2D eigenvalue weighted by atomic mass is 9.86. The van der Waals surface area contributed by atoms with E-state index in [1.165, 1.54) is 24.8 Å². The molecule has 0 saturated heterocycles. The first-order valence-electron chi connectivity index (χ1n) is 6.81. The number of esters is 1. The molecular weight excluding hydrogens is 267 g/mol. The van der Waals surface area contributed by atoms with Gasteiger partial charge in [0.25, 0.3) is 0 Å². The van der Waals surface area contributed by atoms with Gasteiger partial charge in [-0.15, -0.1) is 0 Å². The van der Waals surface area contributed by atoms with Crippen molar-refractivity contribution in [1.29, 1.82) is 0 Å². The number of rotatable bonds is 2. The van der Waals surface area contributed by atoms with E-state index in [2.05, 4.69) is 25.5 Å². The lowest BCUT2D eigenvalue weighted by molar-refractivity contribution is 0.0595.